The van der Waals surface area contributed by atoms with E-state index >= 15 is 0 Å². The number of aromatic nitrogens is 2. The molecule has 404 valence electrons. The van der Waals surface area contributed by atoms with E-state index in [-0.39, 0.29) is 38.3 Å². The lowest BCUT2D eigenvalue weighted by atomic mass is 9.85. The highest BCUT2D eigenvalue weighted by molar-refractivity contribution is 7.13. The third-order valence-corrected chi connectivity index (χ3v) is 15.2. The number of anilines is 2. The molecular formula is C55H65F3N10O7S. The largest absolute Gasteiger partial charge is 0.417 e. The van der Waals surface area contributed by atoms with Crippen LogP contribution in [0.1, 0.15) is 72.8 Å². The molecule has 0 aliphatic carbocycles. The van der Waals surface area contributed by atoms with Gasteiger partial charge >= 0.3 is 6.18 Å². The van der Waals surface area contributed by atoms with Crippen LogP contribution < -0.4 is 26.4 Å². The number of halogens is 3. The number of benzene rings is 3. The number of likely N-dealkylation sites (tertiary alicyclic amines) is 1. The summed E-state index contributed by atoms with van der Waals surface area (Å²) in [6.07, 6.45) is -5.23. The number of hydrogen-bond donors (Lipinski definition) is 5. The monoisotopic (exact) mass is 1070 g/mol. The second-order valence-corrected chi connectivity index (χ2v) is 21.8. The van der Waals surface area contributed by atoms with E-state index in [9.17, 15) is 47.0 Å². The van der Waals surface area contributed by atoms with Gasteiger partial charge in [-0.15, -0.1) is 11.3 Å². The van der Waals surface area contributed by atoms with Crippen molar-refractivity contribution >= 4 is 52.2 Å². The van der Waals surface area contributed by atoms with Gasteiger partial charge in [0.25, 0.3) is 5.91 Å². The number of rotatable bonds is 15. The Balaban J connectivity index is 0.839. The third kappa shape index (κ3) is 13.5. The van der Waals surface area contributed by atoms with Crippen molar-refractivity contribution in [2.75, 3.05) is 76.2 Å². The quantitative estimate of drug-likeness (QED) is 0.0857. The topological polar surface area (TPSA) is 204 Å². The van der Waals surface area contributed by atoms with Crippen molar-refractivity contribution < 1.29 is 42.3 Å². The molecule has 0 bridgehead atoms. The number of aliphatic hydroxyl groups is 1. The van der Waals surface area contributed by atoms with Crippen molar-refractivity contribution in [3.05, 3.63) is 123 Å². The fourth-order valence-corrected chi connectivity index (χ4v) is 10.7. The van der Waals surface area contributed by atoms with Gasteiger partial charge in [-0.3, -0.25) is 33.7 Å². The highest BCUT2D eigenvalue weighted by Crippen LogP contribution is 2.36. The third-order valence-electron chi connectivity index (χ3n) is 14.2. The Kier molecular flexibility index (Phi) is 17.1. The smallest absolute Gasteiger partial charge is 0.391 e. The number of nitrogens with one attached hydrogen (secondary N) is 4. The molecule has 5 aromatic rings. The van der Waals surface area contributed by atoms with E-state index in [0.717, 1.165) is 57.7 Å². The maximum atomic E-state index is 14.2. The molecule has 3 aromatic carbocycles. The van der Waals surface area contributed by atoms with Crippen LogP contribution in [-0.4, -0.2) is 148 Å². The average Bonchev–Trinajstić information content (AvgIpc) is 4.02. The first-order valence-electron chi connectivity index (χ1n) is 25.4. The molecule has 0 spiro atoms. The van der Waals surface area contributed by atoms with Gasteiger partial charge in [0, 0.05) is 104 Å². The number of piperazine rings is 2. The van der Waals surface area contributed by atoms with Crippen molar-refractivity contribution in [1.82, 2.24) is 40.2 Å². The summed E-state index contributed by atoms with van der Waals surface area (Å²) >= 11 is 1.55. The van der Waals surface area contributed by atoms with Gasteiger partial charge in [0.2, 0.25) is 29.2 Å². The first-order chi connectivity index (χ1) is 36.1. The van der Waals surface area contributed by atoms with Crippen LogP contribution in [0.15, 0.2) is 89.3 Å². The molecule has 21 heteroatoms. The van der Waals surface area contributed by atoms with Gasteiger partial charge in [-0.1, -0.05) is 69.3 Å². The van der Waals surface area contributed by atoms with Gasteiger partial charge in [0.05, 0.1) is 44.7 Å². The Morgan fingerprint density at radius 1 is 0.855 bits per heavy atom. The van der Waals surface area contributed by atoms with Crippen LogP contribution in [0.3, 0.4) is 0 Å². The van der Waals surface area contributed by atoms with E-state index in [1.165, 1.54) is 4.90 Å². The van der Waals surface area contributed by atoms with Gasteiger partial charge in [-0.25, -0.2) is 4.98 Å². The number of amides is 5. The summed E-state index contributed by atoms with van der Waals surface area (Å²) in [5, 5.41) is 19.1. The van der Waals surface area contributed by atoms with E-state index in [1.807, 2.05) is 74.6 Å². The molecule has 76 heavy (non-hydrogen) atoms. The highest BCUT2D eigenvalue weighted by Gasteiger charge is 2.44. The number of aliphatic hydroxyl groups excluding tert-OH is 1. The van der Waals surface area contributed by atoms with Gasteiger partial charge in [0.1, 0.15) is 12.1 Å². The summed E-state index contributed by atoms with van der Waals surface area (Å²) in [6, 6.07) is 19.5. The van der Waals surface area contributed by atoms with Gasteiger partial charge in [0.15, 0.2) is 0 Å². The molecule has 3 fully saturated rings. The Morgan fingerprint density at radius 3 is 2.22 bits per heavy atom. The number of likely N-dealkylation sites (N-methyl/N-ethyl adjacent to an activating group) is 1. The summed E-state index contributed by atoms with van der Waals surface area (Å²) in [5.41, 5.74) is 4.36. The number of hydrogen-bond acceptors (Lipinski definition) is 12. The molecule has 5 N–H and O–H groups in total. The molecule has 3 aliphatic heterocycles. The summed E-state index contributed by atoms with van der Waals surface area (Å²) < 4.78 is 41.9. The lowest BCUT2D eigenvalue weighted by molar-refractivity contribution is -0.144. The van der Waals surface area contributed by atoms with Crippen molar-refractivity contribution in [2.45, 2.75) is 84.4 Å². The zero-order valence-corrected chi connectivity index (χ0v) is 44.2. The van der Waals surface area contributed by atoms with Gasteiger partial charge in [-0.2, -0.15) is 13.2 Å². The van der Waals surface area contributed by atoms with E-state index in [0.29, 0.717) is 63.3 Å². The molecule has 2 aromatic heterocycles. The highest BCUT2D eigenvalue weighted by atomic mass is 32.1. The van der Waals surface area contributed by atoms with E-state index in [1.54, 1.807) is 48.6 Å². The Bertz CT molecular complexity index is 2980. The van der Waals surface area contributed by atoms with Crippen LogP contribution in [0.25, 0.3) is 21.6 Å². The van der Waals surface area contributed by atoms with Crippen molar-refractivity contribution in [1.29, 1.82) is 0 Å². The minimum atomic E-state index is -4.93. The maximum Gasteiger partial charge on any atom is 0.417 e. The summed E-state index contributed by atoms with van der Waals surface area (Å²) in [5.74, 6) is -2.58. The van der Waals surface area contributed by atoms with Crippen LogP contribution in [0.2, 0.25) is 0 Å². The number of H-pyrrole nitrogens is 1. The minimum absolute atomic E-state index is 0.0549. The number of pyridine rings is 1. The molecule has 0 unspecified atom stereocenters. The number of carbonyl (C=O) groups excluding carboxylic acids is 5. The van der Waals surface area contributed by atoms with Gasteiger partial charge < -0.3 is 45.6 Å². The lowest BCUT2D eigenvalue weighted by Crippen LogP contribution is -2.57. The molecule has 3 atom stereocenters. The summed E-state index contributed by atoms with van der Waals surface area (Å²) in [6.45, 7) is 12.9. The fourth-order valence-electron chi connectivity index (χ4n) is 9.88. The first-order valence-corrected chi connectivity index (χ1v) is 26.3. The number of nitrogens with zero attached hydrogens (tertiary/aromatic N) is 6. The standard InChI is InChI=1S/C55H65F3N10O7S/c1-34-49(76-33-61-34)37-11-9-35(10-12-37)29-60-52(74)45-27-40(69)32-68(45)53(75)50(54(2,3)4)63-46(70)15-16-48(72)67-23-19-65(20-24-67)31-36-7-6-8-38(25-36)39-13-14-44(66-21-17-64(5)18-22-66)43(26-39)62-51(73)41-30-59-47(71)28-42(41)55(56,57)58/h6-14,25-26,28,30,33,40,45,50,69H,15-24,27,29,31-32H2,1-5H3,(H,59,71)(H,60,74)(H,62,73)(H,63,70)/t40-,45+,50-/m1/s1. The van der Waals surface area contributed by atoms with E-state index in [4.69, 9.17) is 0 Å². The summed E-state index contributed by atoms with van der Waals surface area (Å²) in [4.78, 5) is 97.1. The molecule has 8 rings (SSSR count). The number of carbonyl (C=O) groups is 5. The van der Waals surface area contributed by atoms with E-state index in [2.05, 4.69) is 40.6 Å². The zero-order chi connectivity index (χ0) is 54.5. The molecule has 5 heterocycles. The molecular weight excluding hydrogens is 1000 g/mol. The Morgan fingerprint density at radius 2 is 1.55 bits per heavy atom. The second kappa shape index (κ2) is 23.5. The average molecular weight is 1070 g/mol. The van der Waals surface area contributed by atoms with Crippen LogP contribution in [0, 0.1) is 12.3 Å². The Labute approximate surface area is 443 Å². The number of β-amino-alcohol motifs (C(OH)–C–C–N with tert-alkyl or cyclic N) is 1. The zero-order valence-electron chi connectivity index (χ0n) is 43.3. The predicted octanol–water partition coefficient (Wildman–Crippen LogP) is 5.73. The first kappa shape index (κ1) is 55.3. The molecule has 17 nitrogen and oxygen atoms in total. The van der Waals surface area contributed by atoms with Crippen molar-refractivity contribution in [3.8, 4) is 21.6 Å². The molecule has 0 saturated carbocycles. The lowest BCUT2D eigenvalue weighted by Gasteiger charge is -2.36. The molecule has 3 aliphatic rings. The van der Waals surface area contributed by atoms with Crippen LogP contribution in [0.4, 0.5) is 24.5 Å². The van der Waals surface area contributed by atoms with Gasteiger partial charge in [-0.05, 0) is 65.4 Å². The van der Waals surface area contributed by atoms with Crippen LogP contribution in [-0.2, 0) is 38.4 Å². The molecule has 0 radical (unpaired) electrons. The fraction of sp³-hybridized carbons (Fsp3) is 0.436. The Hall–Kier alpha value is -6.94. The predicted molar refractivity (Wildman–Crippen MR) is 284 cm³/mol. The minimum Gasteiger partial charge on any atom is -0.391 e. The van der Waals surface area contributed by atoms with Crippen LogP contribution >= 0.6 is 11.3 Å². The number of aryl methyl sites for hydroxylation is 1. The SMILES string of the molecule is Cc1ncsc1-c1ccc(CNC(=O)[C@@H]2C[C@@H](O)CN2C(=O)[C@@H](NC(=O)CCC(=O)N2CCN(Cc3cccc(-c4ccc(N5CCN(C)CC5)c(NC(=O)c5c[nH]c(=O)cc5C(F)(F)F)c4)c3)CC2)C(C)(C)C)cc1. The van der Waals surface area contributed by atoms with Crippen molar-refractivity contribution in [2.24, 2.45) is 5.41 Å². The van der Waals surface area contributed by atoms with E-state index < -0.39 is 70.1 Å². The number of thiazole rings is 1. The number of alkyl halides is 3. The molecule has 5 amide bonds. The normalized spacial score (nSPS) is 18.1. The second-order valence-electron chi connectivity index (χ2n) is 20.9. The van der Waals surface area contributed by atoms with Crippen molar-refractivity contribution in [3.63, 3.8) is 0 Å². The maximum absolute atomic E-state index is 14.2. The summed E-state index contributed by atoms with van der Waals surface area (Å²) in [7, 11) is 2.00. The number of aromatic amines is 1. The molecule has 3 saturated heterocycles. The van der Waals surface area contributed by atoms with Crippen LogP contribution in [0.5, 0.6) is 0 Å².